The summed E-state index contributed by atoms with van der Waals surface area (Å²) in [7, 11) is 0. The molecule has 2 fully saturated rings. The van der Waals surface area contributed by atoms with E-state index >= 15 is 0 Å². The Morgan fingerprint density at radius 3 is 2.59 bits per heavy atom. The van der Waals surface area contributed by atoms with Crippen LogP contribution in [0.5, 0.6) is 0 Å². The van der Waals surface area contributed by atoms with Crippen LogP contribution in [0, 0.1) is 5.41 Å². The highest BCUT2D eigenvalue weighted by molar-refractivity contribution is 7.07. The van der Waals surface area contributed by atoms with Crippen LogP contribution >= 0.6 is 11.3 Å². The van der Waals surface area contributed by atoms with Crippen molar-refractivity contribution in [2.45, 2.75) is 44.7 Å². The molecule has 1 spiro atoms. The van der Waals surface area contributed by atoms with Crippen molar-refractivity contribution in [3.63, 3.8) is 0 Å². The summed E-state index contributed by atoms with van der Waals surface area (Å²) >= 11 is 1.67. The molecule has 5 heteroatoms. The smallest absolute Gasteiger partial charge is 0.223 e. The summed E-state index contributed by atoms with van der Waals surface area (Å²) < 4.78 is 0. The number of piperidine rings is 1. The molecule has 1 aliphatic heterocycles. The van der Waals surface area contributed by atoms with E-state index < -0.39 is 0 Å². The van der Waals surface area contributed by atoms with Gasteiger partial charge < -0.3 is 10.2 Å². The molecule has 1 atom stereocenters. The quantitative estimate of drug-likeness (QED) is 0.739. The van der Waals surface area contributed by atoms with E-state index in [1.807, 2.05) is 30.3 Å². The maximum absolute atomic E-state index is 13.1. The van der Waals surface area contributed by atoms with E-state index in [-0.39, 0.29) is 18.1 Å². The first-order valence-electron chi connectivity index (χ1n) is 9.77. The molecule has 2 heterocycles. The van der Waals surface area contributed by atoms with Gasteiger partial charge in [0.25, 0.3) is 0 Å². The summed E-state index contributed by atoms with van der Waals surface area (Å²) in [6, 6.07) is 11.7. The van der Waals surface area contributed by atoms with Gasteiger partial charge in [-0.25, -0.2) is 0 Å². The van der Waals surface area contributed by atoms with E-state index in [1.54, 1.807) is 11.3 Å². The number of Topliss-reactive ketones (excluding diaryl/α,β-unsaturated/α-hetero) is 1. The van der Waals surface area contributed by atoms with E-state index in [4.69, 9.17) is 0 Å². The molecule has 27 heavy (non-hydrogen) atoms. The summed E-state index contributed by atoms with van der Waals surface area (Å²) in [5.74, 6) is 0.165. The maximum Gasteiger partial charge on any atom is 0.223 e. The molecule has 2 aliphatic rings. The molecule has 1 aromatic carbocycles. The highest BCUT2D eigenvalue weighted by atomic mass is 32.1. The number of hydrogen-bond acceptors (Lipinski definition) is 4. The molecule has 1 N–H and O–H groups in total. The van der Waals surface area contributed by atoms with Crippen LogP contribution in [0.15, 0.2) is 47.2 Å². The Morgan fingerprint density at radius 2 is 1.89 bits per heavy atom. The number of nitrogens with zero attached hydrogens (tertiary/aromatic N) is 1. The molecule has 4 rings (SSSR count). The zero-order valence-corrected chi connectivity index (χ0v) is 16.3. The van der Waals surface area contributed by atoms with Gasteiger partial charge in [0.2, 0.25) is 5.91 Å². The van der Waals surface area contributed by atoms with Gasteiger partial charge >= 0.3 is 0 Å². The van der Waals surface area contributed by atoms with Gasteiger partial charge in [-0.1, -0.05) is 30.3 Å². The van der Waals surface area contributed by atoms with E-state index in [0.717, 1.165) is 32.4 Å². The lowest BCUT2D eigenvalue weighted by molar-refractivity contribution is -0.133. The van der Waals surface area contributed by atoms with Gasteiger partial charge in [0.1, 0.15) is 0 Å². The second-order valence-corrected chi connectivity index (χ2v) is 8.55. The van der Waals surface area contributed by atoms with Crippen molar-refractivity contribution in [2.24, 2.45) is 5.41 Å². The number of rotatable bonds is 7. The molecule has 0 bridgehead atoms. The predicted molar refractivity (Wildman–Crippen MR) is 108 cm³/mol. The van der Waals surface area contributed by atoms with Crippen LogP contribution in [0.2, 0.25) is 0 Å². The van der Waals surface area contributed by atoms with Crippen LogP contribution in [-0.2, 0) is 11.3 Å². The van der Waals surface area contributed by atoms with Gasteiger partial charge in [-0.3, -0.25) is 9.59 Å². The van der Waals surface area contributed by atoms with Crippen molar-refractivity contribution < 1.29 is 9.59 Å². The largest absolute Gasteiger partial charge is 0.335 e. The lowest BCUT2D eigenvalue weighted by Gasteiger charge is -2.29. The van der Waals surface area contributed by atoms with Gasteiger partial charge in [-0.05, 0) is 60.2 Å². The fraction of sp³-hybridized carbons (Fsp3) is 0.455. The number of benzene rings is 1. The van der Waals surface area contributed by atoms with Crippen LogP contribution in [0.4, 0.5) is 0 Å². The zero-order chi connectivity index (χ0) is 18.7. The van der Waals surface area contributed by atoms with Crippen LogP contribution in [0.1, 0.15) is 48.0 Å². The molecule has 142 valence electrons. The first kappa shape index (κ1) is 18.4. The summed E-state index contributed by atoms with van der Waals surface area (Å²) in [6.45, 7) is 2.76. The van der Waals surface area contributed by atoms with E-state index in [2.05, 4.69) is 27.0 Å². The van der Waals surface area contributed by atoms with Crippen LogP contribution in [-0.4, -0.2) is 35.7 Å². The topological polar surface area (TPSA) is 49.4 Å². The molecule has 0 radical (unpaired) electrons. The molecule has 1 saturated carbocycles. The Morgan fingerprint density at radius 1 is 1.11 bits per heavy atom. The van der Waals surface area contributed by atoms with Crippen LogP contribution < -0.4 is 5.32 Å². The Hall–Kier alpha value is -1.98. The number of nitrogens with one attached hydrogen (secondary N) is 1. The van der Waals surface area contributed by atoms with Crippen molar-refractivity contribution in [3.8, 4) is 0 Å². The van der Waals surface area contributed by atoms with Gasteiger partial charge in [0.15, 0.2) is 5.78 Å². The normalized spacial score (nSPS) is 20.4. The second kappa shape index (κ2) is 7.95. The van der Waals surface area contributed by atoms with Crippen LogP contribution in [0.3, 0.4) is 0 Å². The molecule has 1 aromatic heterocycles. The standard InChI is InChI=1S/C22H26N2O2S/c25-19(18-4-2-1-3-5-18)6-7-21(26)24(15-17-8-13-27-16-17)20-14-22(20)9-11-23-12-10-22/h1-5,8,13,16,20,23H,6-7,9-12,14-15H2. The van der Waals surface area contributed by atoms with Gasteiger partial charge in [-0.15, -0.1) is 0 Å². The van der Waals surface area contributed by atoms with Gasteiger partial charge in [0.05, 0.1) is 0 Å². The van der Waals surface area contributed by atoms with Gasteiger partial charge in [-0.2, -0.15) is 11.3 Å². The molecule has 1 unspecified atom stereocenters. The average molecular weight is 383 g/mol. The predicted octanol–water partition coefficient (Wildman–Crippen LogP) is 3.88. The number of thiophene rings is 1. The number of carbonyl (C=O) groups is 2. The Kier molecular flexibility index (Phi) is 5.41. The van der Waals surface area contributed by atoms with Gasteiger partial charge in [0, 0.05) is 31.0 Å². The molecule has 1 amide bonds. The average Bonchev–Trinajstić information content (AvgIpc) is 3.14. The molecular formula is C22H26N2O2S. The lowest BCUT2D eigenvalue weighted by atomic mass is 9.93. The highest BCUT2D eigenvalue weighted by Crippen LogP contribution is 2.56. The highest BCUT2D eigenvalue weighted by Gasteiger charge is 2.57. The van der Waals surface area contributed by atoms with E-state index in [9.17, 15) is 9.59 Å². The molecular weight excluding hydrogens is 356 g/mol. The minimum Gasteiger partial charge on any atom is -0.335 e. The monoisotopic (exact) mass is 382 g/mol. The first-order valence-corrected chi connectivity index (χ1v) is 10.7. The molecule has 4 nitrogen and oxygen atoms in total. The number of carbonyl (C=O) groups excluding carboxylic acids is 2. The third-order valence-corrected chi connectivity index (χ3v) is 6.77. The number of hydrogen-bond donors (Lipinski definition) is 1. The number of amides is 1. The first-order chi connectivity index (χ1) is 13.2. The minimum atomic E-state index is 0.0480. The summed E-state index contributed by atoms with van der Waals surface area (Å²) in [4.78, 5) is 27.5. The fourth-order valence-corrected chi connectivity index (χ4v) is 4.97. The van der Waals surface area contributed by atoms with Crippen molar-refractivity contribution in [1.29, 1.82) is 0 Å². The SMILES string of the molecule is O=C(CCC(=O)N(Cc1ccsc1)C1CC12CCNCC2)c1ccccc1. The molecule has 1 saturated heterocycles. The lowest BCUT2D eigenvalue weighted by Crippen LogP contribution is -2.39. The Balaban J connectivity index is 1.42. The van der Waals surface area contributed by atoms with Crippen molar-refractivity contribution >= 4 is 23.0 Å². The summed E-state index contributed by atoms with van der Waals surface area (Å²) in [6.07, 6.45) is 3.98. The fourth-order valence-electron chi connectivity index (χ4n) is 4.31. The maximum atomic E-state index is 13.1. The van der Waals surface area contributed by atoms with Crippen molar-refractivity contribution in [3.05, 3.63) is 58.3 Å². The van der Waals surface area contributed by atoms with Crippen molar-refractivity contribution in [1.82, 2.24) is 10.2 Å². The minimum absolute atomic E-state index is 0.0480. The third-order valence-electron chi connectivity index (χ3n) is 6.04. The van der Waals surface area contributed by atoms with E-state index in [1.165, 1.54) is 5.56 Å². The summed E-state index contributed by atoms with van der Waals surface area (Å²) in [5, 5.41) is 7.60. The van der Waals surface area contributed by atoms with E-state index in [0.29, 0.717) is 30.0 Å². The Labute approximate surface area is 164 Å². The zero-order valence-electron chi connectivity index (χ0n) is 15.5. The van der Waals surface area contributed by atoms with Crippen molar-refractivity contribution in [2.75, 3.05) is 13.1 Å². The second-order valence-electron chi connectivity index (χ2n) is 7.77. The molecule has 2 aromatic rings. The van der Waals surface area contributed by atoms with Crippen LogP contribution in [0.25, 0.3) is 0 Å². The molecule has 1 aliphatic carbocycles. The number of ketones is 1. The third kappa shape index (κ3) is 4.14. The summed E-state index contributed by atoms with van der Waals surface area (Å²) in [5.41, 5.74) is 2.19. The Bertz CT molecular complexity index is 782.